The molecule has 0 heterocycles. The van der Waals surface area contributed by atoms with Crippen molar-refractivity contribution in [3.05, 3.63) is 23.8 Å². The summed E-state index contributed by atoms with van der Waals surface area (Å²) >= 11 is 0. The highest BCUT2D eigenvalue weighted by Crippen LogP contribution is 2.28. The van der Waals surface area contributed by atoms with E-state index in [1.807, 2.05) is 19.1 Å². The van der Waals surface area contributed by atoms with Gasteiger partial charge in [0.25, 0.3) is 0 Å². The predicted molar refractivity (Wildman–Crippen MR) is 71.5 cm³/mol. The topological polar surface area (TPSA) is 58.2 Å². The second kappa shape index (κ2) is 5.21. The quantitative estimate of drug-likeness (QED) is 0.861. The molecule has 0 atom stereocenters. The van der Waals surface area contributed by atoms with E-state index in [0.29, 0.717) is 0 Å². The van der Waals surface area contributed by atoms with Crippen LogP contribution in [0.3, 0.4) is 0 Å². The molecule has 1 saturated carbocycles. The SMILES string of the molecule is CC(=O)Nc1cc(NC(=O)C2CCC2)ccc1C. The second-order valence-corrected chi connectivity index (χ2v) is 4.83. The molecule has 96 valence electrons. The maximum Gasteiger partial charge on any atom is 0.227 e. The van der Waals surface area contributed by atoms with E-state index in [4.69, 9.17) is 0 Å². The summed E-state index contributed by atoms with van der Waals surface area (Å²) in [6.07, 6.45) is 3.11. The van der Waals surface area contributed by atoms with Crippen LogP contribution in [0.2, 0.25) is 0 Å². The van der Waals surface area contributed by atoms with Gasteiger partial charge in [-0.1, -0.05) is 12.5 Å². The number of rotatable bonds is 3. The minimum Gasteiger partial charge on any atom is -0.326 e. The van der Waals surface area contributed by atoms with Crippen molar-refractivity contribution >= 4 is 23.2 Å². The molecule has 1 aliphatic carbocycles. The smallest absolute Gasteiger partial charge is 0.227 e. The molecule has 18 heavy (non-hydrogen) atoms. The Morgan fingerprint density at radius 3 is 2.50 bits per heavy atom. The van der Waals surface area contributed by atoms with Gasteiger partial charge in [0.15, 0.2) is 0 Å². The molecule has 1 aromatic rings. The number of anilines is 2. The van der Waals surface area contributed by atoms with Crippen molar-refractivity contribution in [2.45, 2.75) is 33.1 Å². The Morgan fingerprint density at radius 2 is 1.94 bits per heavy atom. The van der Waals surface area contributed by atoms with Gasteiger partial charge in [0, 0.05) is 24.2 Å². The highest BCUT2D eigenvalue weighted by molar-refractivity contribution is 5.95. The zero-order valence-corrected chi connectivity index (χ0v) is 10.7. The van der Waals surface area contributed by atoms with Crippen molar-refractivity contribution in [1.29, 1.82) is 0 Å². The summed E-state index contributed by atoms with van der Waals surface area (Å²) < 4.78 is 0. The van der Waals surface area contributed by atoms with Gasteiger partial charge >= 0.3 is 0 Å². The normalized spacial score (nSPS) is 14.8. The van der Waals surface area contributed by atoms with Crippen LogP contribution in [0.1, 0.15) is 31.7 Å². The van der Waals surface area contributed by atoms with Crippen LogP contribution in [-0.4, -0.2) is 11.8 Å². The fraction of sp³-hybridized carbons (Fsp3) is 0.429. The van der Waals surface area contributed by atoms with Crippen LogP contribution < -0.4 is 10.6 Å². The van der Waals surface area contributed by atoms with Gasteiger partial charge < -0.3 is 10.6 Å². The summed E-state index contributed by atoms with van der Waals surface area (Å²) in [7, 11) is 0. The number of carbonyl (C=O) groups excluding carboxylic acids is 2. The van der Waals surface area contributed by atoms with Crippen LogP contribution in [0.25, 0.3) is 0 Å². The molecule has 0 aliphatic heterocycles. The molecule has 0 spiro atoms. The van der Waals surface area contributed by atoms with Crippen molar-refractivity contribution in [2.75, 3.05) is 10.6 Å². The molecule has 0 radical (unpaired) electrons. The highest BCUT2D eigenvalue weighted by atomic mass is 16.2. The zero-order chi connectivity index (χ0) is 13.1. The van der Waals surface area contributed by atoms with Crippen molar-refractivity contribution < 1.29 is 9.59 Å². The third-order valence-electron chi connectivity index (χ3n) is 3.29. The van der Waals surface area contributed by atoms with Gasteiger partial charge in [-0.15, -0.1) is 0 Å². The summed E-state index contributed by atoms with van der Waals surface area (Å²) in [4.78, 5) is 22.9. The lowest BCUT2D eigenvalue weighted by Crippen LogP contribution is -2.28. The van der Waals surface area contributed by atoms with Crippen LogP contribution in [0.15, 0.2) is 18.2 Å². The van der Waals surface area contributed by atoms with Gasteiger partial charge in [0.1, 0.15) is 0 Å². The summed E-state index contributed by atoms with van der Waals surface area (Å²) in [5, 5.41) is 5.65. The van der Waals surface area contributed by atoms with Crippen LogP contribution >= 0.6 is 0 Å². The van der Waals surface area contributed by atoms with Crippen molar-refractivity contribution in [3.8, 4) is 0 Å². The molecule has 4 heteroatoms. The van der Waals surface area contributed by atoms with Crippen molar-refractivity contribution in [2.24, 2.45) is 5.92 Å². The number of benzene rings is 1. The minimum atomic E-state index is -0.111. The van der Waals surface area contributed by atoms with Gasteiger partial charge in [0.2, 0.25) is 11.8 Å². The standard InChI is InChI=1S/C14H18N2O2/c1-9-6-7-12(8-13(9)15-10(2)17)16-14(18)11-4-3-5-11/h6-8,11H,3-5H2,1-2H3,(H,15,17)(H,16,18). The molecule has 0 bridgehead atoms. The van der Waals surface area contributed by atoms with E-state index in [2.05, 4.69) is 10.6 Å². The minimum absolute atomic E-state index is 0.0823. The fourth-order valence-corrected chi connectivity index (χ4v) is 1.94. The molecular weight excluding hydrogens is 228 g/mol. The Kier molecular flexibility index (Phi) is 3.65. The molecule has 0 unspecified atom stereocenters. The van der Waals surface area contributed by atoms with Gasteiger partial charge in [-0.2, -0.15) is 0 Å². The number of nitrogens with one attached hydrogen (secondary N) is 2. The van der Waals surface area contributed by atoms with E-state index in [9.17, 15) is 9.59 Å². The Morgan fingerprint density at radius 1 is 1.22 bits per heavy atom. The number of aryl methyl sites for hydroxylation is 1. The molecule has 1 fully saturated rings. The Bertz CT molecular complexity index is 479. The maximum absolute atomic E-state index is 11.8. The lowest BCUT2D eigenvalue weighted by Gasteiger charge is -2.24. The Hall–Kier alpha value is -1.84. The van der Waals surface area contributed by atoms with Crippen LogP contribution in [0.5, 0.6) is 0 Å². The lowest BCUT2D eigenvalue weighted by atomic mass is 9.85. The van der Waals surface area contributed by atoms with E-state index in [1.54, 1.807) is 6.07 Å². The number of carbonyl (C=O) groups is 2. The molecule has 1 aromatic carbocycles. The van der Waals surface area contributed by atoms with Crippen LogP contribution in [0, 0.1) is 12.8 Å². The highest BCUT2D eigenvalue weighted by Gasteiger charge is 2.25. The molecule has 1 aliphatic rings. The van der Waals surface area contributed by atoms with Gasteiger partial charge in [0.05, 0.1) is 0 Å². The van der Waals surface area contributed by atoms with E-state index in [0.717, 1.165) is 36.2 Å². The Labute approximate surface area is 107 Å². The van der Waals surface area contributed by atoms with Gasteiger partial charge in [-0.25, -0.2) is 0 Å². The molecule has 0 saturated heterocycles. The van der Waals surface area contributed by atoms with Crippen molar-refractivity contribution in [1.82, 2.24) is 0 Å². The van der Waals surface area contributed by atoms with Gasteiger partial charge in [-0.05, 0) is 37.5 Å². The average Bonchev–Trinajstić information content (AvgIpc) is 2.19. The van der Waals surface area contributed by atoms with E-state index < -0.39 is 0 Å². The average molecular weight is 246 g/mol. The molecule has 4 nitrogen and oxygen atoms in total. The van der Waals surface area contributed by atoms with Crippen LogP contribution in [-0.2, 0) is 9.59 Å². The van der Waals surface area contributed by atoms with E-state index >= 15 is 0 Å². The first-order valence-corrected chi connectivity index (χ1v) is 6.25. The lowest BCUT2D eigenvalue weighted by molar-refractivity contribution is -0.122. The zero-order valence-electron chi connectivity index (χ0n) is 10.7. The summed E-state index contributed by atoms with van der Waals surface area (Å²) in [5.41, 5.74) is 2.46. The summed E-state index contributed by atoms with van der Waals surface area (Å²) in [6, 6.07) is 5.55. The van der Waals surface area contributed by atoms with Crippen LogP contribution in [0.4, 0.5) is 11.4 Å². The summed E-state index contributed by atoms with van der Waals surface area (Å²) in [6.45, 7) is 3.39. The largest absolute Gasteiger partial charge is 0.326 e. The molecule has 0 aromatic heterocycles. The third-order valence-corrected chi connectivity index (χ3v) is 3.29. The van der Waals surface area contributed by atoms with E-state index in [1.165, 1.54) is 6.92 Å². The Balaban J connectivity index is 2.08. The second-order valence-electron chi connectivity index (χ2n) is 4.83. The van der Waals surface area contributed by atoms with Crippen molar-refractivity contribution in [3.63, 3.8) is 0 Å². The fourth-order valence-electron chi connectivity index (χ4n) is 1.94. The number of hydrogen-bond acceptors (Lipinski definition) is 2. The predicted octanol–water partition coefficient (Wildman–Crippen LogP) is 2.69. The monoisotopic (exact) mass is 246 g/mol. The molecule has 2 N–H and O–H groups in total. The molecular formula is C14H18N2O2. The van der Waals surface area contributed by atoms with Gasteiger partial charge in [-0.3, -0.25) is 9.59 Å². The van der Waals surface area contributed by atoms with E-state index in [-0.39, 0.29) is 17.7 Å². The maximum atomic E-state index is 11.8. The first-order chi connectivity index (χ1) is 8.56. The summed E-state index contributed by atoms with van der Waals surface area (Å²) in [5.74, 6) is 0.134. The molecule has 2 amide bonds. The first kappa shape index (κ1) is 12.6. The third kappa shape index (κ3) is 2.88. The number of amides is 2. The number of hydrogen-bond donors (Lipinski definition) is 2. The first-order valence-electron chi connectivity index (χ1n) is 6.25. The molecule has 2 rings (SSSR count).